The summed E-state index contributed by atoms with van der Waals surface area (Å²) in [5.41, 5.74) is 22.9. The monoisotopic (exact) mass is 944 g/mol. The second-order valence-corrected chi connectivity index (χ2v) is 19.0. The average Bonchev–Trinajstić information content (AvgIpc) is 3.80. The maximum absolute atomic E-state index is 5.86. The van der Waals surface area contributed by atoms with Crippen molar-refractivity contribution < 1.29 is 49.0 Å². The Kier molecular flexibility index (Phi) is 17.4. The van der Waals surface area contributed by atoms with Gasteiger partial charge in [0.05, 0.1) is 0 Å². The van der Waals surface area contributed by atoms with Gasteiger partial charge in [0.1, 0.15) is 0 Å². The largest absolute Gasteiger partial charge is 1.00 e. The molecule has 1 atom stereocenters. The number of benzene rings is 6. The smallest absolute Gasteiger partial charge is 1.00 e. The predicted octanol–water partition coefficient (Wildman–Crippen LogP) is 9.72. The molecule has 0 aromatic heterocycles. The summed E-state index contributed by atoms with van der Waals surface area (Å²) in [7, 11) is 0. The standard InChI is InChI=1S/C31H29.C13H8Cl2.C11H17.2ClH.Zr/c1-18-11-20(3)30(21(4)12-18)24-7-9-28-26(15-24)17-27-16-25(8-10-29(27)28)31-22(5)13-19(2)14-23(31)6;14-12-5-1-10(2-6-12)9-11-3-7-13(15)8-4-11;1-5-9-6-7-10(8-9)11(2,3)4;;;/h7-15H,17H2,1-6H3;1-8H;7-9H,5H2,1-4H3;2*1H;/q-1;;-1;;;+2/p-2. The Balaban J connectivity index is 0.000000229. The van der Waals surface area contributed by atoms with Crippen molar-refractivity contribution in [3.8, 4) is 33.4 Å². The van der Waals surface area contributed by atoms with Gasteiger partial charge in [0.25, 0.3) is 0 Å². The third kappa shape index (κ3) is 11.8. The van der Waals surface area contributed by atoms with Crippen LogP contribution in [0.25, 0.3) is 33.4 Å². The van der Waals surface area contributed by atoms with Gasteiger partial charge in [0.15, 0.2) is 0 Å². The number of fused-ring (bicyclic) bond motifs is 3. The van der Waals surface area contributed by atoms with E-state index in [1.54, 1.807) is 0 Å². The maximum Gasteiger partial charge on any atom is -1.00 e. The molecular weight excluding hydrogens is 894 g/mol. The van der Waals surface area contributed by atoms with Crippen molar-refractivity contribution in [1.82, 2.24) is 0 Å². The SMILES string of the molecule is CCC1[C-]=CC(C(C)(C)C)=C1.Cc1cc(C)c(-c2[c-]c3c(cc2)-c2ccc(-c4c(C)cc(C)cc4C)cc2C3)c(C)c1.Clc1ccc([C](=[Zr+2])c2ccc(Cl)cc2)cc1.[Cl-].[Cl-]. The molecule has 0 bridgehead atoms. The number of hydrogen-bond acceptors (Lipinski definition) is 0. The maximum atomic E-state index is 5.86. The number of aryl methyl sites for hydroxylation is 6. The second kappa shape index (κ2) is 21.2. The van der Waals surface area contributed by atoms with Gasteiger partial charge in [-0.1, -0.05) is 127 Å². The van der Waals surface area contributed by atoms with E-state index in [0.717, 1.165) is 16.5 Å². The van der Waals surface area contributed by atoms with Crippen LogP contribution in [0.5, 0.6) is 0 Å². The minimum atomic E-state index is 0. The van der Waals surface area contributed by atoms with Gasteiger partial charge < -0.3 is 24.8 Å². The van der Waals surface area contributed by atoms with Gasteiger partial charge in [0, 0.05) is 0 Å². The van der Waals surface area contributed by atoms with Crippen molar-refractivity contribution in [3.63, 3.8) is 0 Å². The molecule has 308 valence electrons. The zero-order valence-corrected chi connectivity index (χ0v) is 42.0. The number of hydrogen-bond donors (Lipinski definition) is 0. The molecule has 0 nitrogen and oxygen atoms in total. The second-order valence-electron chi connectivity index (χ2n) is 16.9. The summed E-state index contributed by atoms with van der Waals surface area (Å²) in [6, 6.07) is 40.3. The van der Waals surface area contributed by atoms with E-state index in [-0.39, 0.29) is 24.8 Å². The molecule has 0 saturated heterocycles. The summed E-state index contributed by atoms with van der Waals surface area (Å²) >= 11 is 13.1. The molecular formula is C55H54Cl4Zr-2. The Morgan fingerprint density at radius 1 is 0.650 bits per heavy atom. The first-order chi connectivity index (χ1) is 27.5. The van der Waals surface area contributed by atoms with E-state index in [0.29, 0.717) is 11.3 Å². The Bertz CT molecular complexity index is 2330. The van der Waals surface area contributed by atoms with Crippen LogP contribution in [0.1, 0.15) is 89.8 Å². The number of allylic oxidation sites excluding steroid dienone is 4. The molecule has 5 heteroatoms. The van der Waals surface area contributed by atoms with E-state index in [2.05, 4.69) is 148 Å². The molecule has 0 fully saturated rings. The third-order valence-corrected chi connectivity index (χ3v) is 13.0. The molecule has 1 unspecified atom stereocenters. The van der Waals surface area contributed by atoms with Gasteiger partial charge in [-0.15, -0.1) is 29.3 Å². The molecule has 2 aliphatic rings. The molecule has 0 N–H and O–H groups in total. The zero-order valence-electron chi connectivity index (χ0n) is 36.5. The molecule has 0 spiro atoms. The molecule has 8 rings (SSSR count). The normalized spacial score (nSPS) is 13.4. The topological polar surface area (TPSA) is 0 Å². The first-order valence-corrected chi connectivity index (χ1v) is 22.3. The number of rotatable bonds is 5. The van der Waals surface area contributed by atoms with Crippen LogP contribution in [0.3, 0.4) is 0 Å². The molecule has 0 aliphatic heterocycles. The quantitative estimate of drug-likeness (QED) is 0.151. The molecule has 60 heavy (non-hydrogen) atoms. The fraction of sp³-hybridized carbons (Fsp3) is 0.255. The summed E-state index contributed by atoms with van der Waals surface area (Å²) in [5.74, 6) is 0.573. The molecule has 0 radical (unpaired) electrons. The summed E-state index contributed by atoms with van der Waals surface area (Å²) in [6.45, 7) is 22.2. The van der Waals surface area contributed by atoms with Crippen molar-refractivity contribution >= 4 is 26.4 Å². The van der Waals surface area contributed by atoms with Crippen LogP contribution >= 0.6 is 23.2 Å². The van der Waals surface area contributed by atoms with Crippen molar-refractivity contribution in [2.45, 2.75) is 82.1 Å². The Morgan fingerprint density at radius 3 is 1.58 bits per heavy atom. The van der Waals surface area contributed by atoms with Gasteiger partial charge in [-0.3, -0.25) is 6.08 Å². The van der Waals surface area contributed by atoms with Gasteiger partial charge in [0.2, 0.25) is 0 Å². The fourth-order valence-electron chi connectivity index (χ4n) is 8.28. The molecule has 6 aromatic carbocycles. The summed E-state index contributed by atoms with van der Waals surface area (Å²) in [5, 5.41) is 1.53. The Morgan fingerprint density at radius 2 is 1.13 bits per heavy atom. The van der Waals surface area contributed by atoms with Gasteiger partial charge in [-0.05, 0) is 75.8 Å². The van der Waals surface area contributed by atoms with Crippen molar-refractivity contribution in [2.75, 3.05) is 0 Å². The van der Waals surface area contributed by atoms with Gasteiger partial charge in [-0.2, -0.15) is 11.6 Å². The fourth-order valence-corrected chi connectivity index (χ4v) is 9.35. The van der Waals surface area contributed by atoms with Crippen molar-refractivity contribution in [2.24, 2.45) is 11.3 Å². The minimum Gasteiger partial charge on any atom is -1.00 e. The zero-order chi connectivity index (χ0) is 41.9. The van der Waals surface area contributed by atoms with Crippen LogP contribution in [0.15, 0.2) is 121 Å². The summed E-state index contributed by atoms with van der Waals surface area (Å²) in [4.78, 5) is 0. The Labute approximate surface area is 397 Å². The van der Waals surface area contributed by atoms with Gasteiger partial charge in [-0.25, -0.2) is 6.08 Å². The van der Waals surface area contributed by atoms with E-state index in [1.165, 1.54) is 128 Å². The van der Waals surface area contributed by atoms with Crippen molar-refractivity contribution in [1.29, 1.82) is 0 Å². The van der Waals surface area contributed by atoms with E-state index >= 15 is 0 Å². The molecule has 0 saturated carbocycles. The van der Waals surface area contributed by atoms with E-state index in [1.807, 2.05) is 48.5 Å². The van der Waals surface area contributed by atoms with Crippen LogP contribution in [0.4, 0.5) is 0 Å². The summed E-state index contributed by atoms with van der Waals surface area (Å²) < 4.78 is 1.31. The van der Waals surface area contributed by atoms with E-state index in [9.17, 15) is 0 Å². The minimum absolute atomic E-state index is 0. The Hall–Kier alpha value is -3.29. The van der Waals surface area contributed by atoms with Crippen LogP contribution in [-0.2, 0) is 30.7 Å². The predicted molar refractivity (Wildman–Crippen MR) is 248 cm³/mol. The van der Waals surface area contributed by atoms with E-state index in [4.69, 9.17) is 23.2 Å². The van der Waals surface area contributed by atoms with Crippen LogP contribution in [0, 0.1) is 65.0 Å². The molecule has 6 aromatic rings. The first kappa shape index (κ1) is 49.4. The average molecular weight is 948 g/mol. The van der Waals surface area contributed by atoms with Gasteiger partial charge >= 0.3 is 120 Å². The summed E-state index contributed by atoms with van der Waals surface area (Å²) in [6.07, 6.45) is 9.96. The molecule has 0 heterocycles. The third-order valence-electron chi connectivity index (χ3n) is 11.1. The van der Waals surface area contributed by atoms with E-state index < -0.39 is 0 Å². The van der Waals surface area contributed by atoms with Crippen LogP contribution in [0.2, 0.25) is 10.0 Å². The van der Waals surface area contributed by atoms with Crippen LogP contribution in [-0.4, -0.2) is 3.21 Å². The van der Waals surface area contributed by atoms with Crippen molar-refractivity contribution in [3.05, 3.63) is 199 Å². The number of halogens is 4. The van der Waals surface area contributed by atoms with Crippen LogP contribution < -0.4 is 24.8 Å². The first-order valence-electron chi connectivity index (χ1n) is 20.3. The molecule has 2 aliphatic carbocycles. The molecule has 0 amide bonds.